The zero-order valence-corrected chi connectivity index (χ0v) is 19.9. The largest absolute Gasteiger partial charge is 0.448 e. The highest BCUT2D eigenvalue weighted by Gasteiger charge is 2.40. The predicted molar refractivity (Wildman–Crippen MR) is 134 cm³/mol. The maximum atomic E-state index is 13.3. The number of morpholine rings is 1. The van der Waals surface area contributed by atoms with Crippen LogP contribution in [0, 0.1) is 0 Å². The summed E-state index contributed by atoms with van der Waals surface area (Å²) in [4.78, 5) is 15.2. The van der Waals surface area contributed by atoms with Crippen LogP contribution in [-0.2, 0) is 9.47 Å². The molecule has 2 heterocycles. The molecule has 3 aromatic carbocycles. The number of benzene rings is 3. The van der Waals surface area contributed by atoms with E-state index in [1.807, 2.05) is 29.2 Å². The lowest BCUT2D eigenvalue weighted by atomic mass is 9.90. The maximum Gasteiger partial charge on any atom is 0.410 e. The fraction of sp³-hybridized carbons (Fsp3) is 0.250. The third-order valence-electron chi connectivity index (χ3n) is 7.04. The molecule has 172 valence electrons. The minimum absolute atomic E-state index is 0.0357. The van der Waals surface area contributed by atoms with E-state index in [2.05, 4.69) is 42.5 Å². The molecule has 0 N–H and O–H groups in total. The van der Waals surface area contributed by atoms with Gasteiger partial charge in [0.05, 0.1) is 35.3 Å². The number of nitrogens with zero attached hydrogens (tertiary/aromatic N) is 1. The summed E-state index contributed by atoms with van der Waals surface area (Å²) in [6, 6.07) is 22.0. The van der Waals surface area contributed by atoms with Gasteiger partial charge in [-0.05, 0) is 45.9 Å². The van der Waals surface area contributed by atoms with E-state index in [0.29, 0.717) is 36.3 Å². The van der Waals surface area contributed by atoms with Gasteiger partial charge in [-0.3, -0.25) is 4.90 Å². The third-order valence-corrected chi connectivity index (χ3v) is 7.86. The molecule has 1 fully saturated rings. The molecule has 1 aliphatic carbocycles. The standard InChI is InChI=1S/C28H23Cl2NO3/c29-26-11-5-10-20(27(26)30)17-12-18-14-33-15-19(13-17)31(18)28(32)34-16-25-23-8-3-1-6-21(23)22-7-2-4-9-24(22)25/h1-12,18-19,25H,13-16H2. The van der Waals surface area contributed by atoms with E-state index in [1.54, 1.807) is 6.07 Å². The van der Waals surface area contributed by atoms with Gasteiger partial charge in [0, 0.05) is 5.92 Å². The summed E-state index contributed by atoms with van der Waals surface area (Å²) < 4.78 is 11.7. The quantitative estimate of drug-likeness (QED) is 0.404. The number of halogens is 2. The molecule has 6 heteroatoms. The van der Waals surface area contributed by atoms with E-state index >= 15 is 0 Å². The number of rotatable bonds is 3. The van der Waals surface area contributed by atoms with Crippen molar-refractivity contribution in [1.29, 1.82) is 0 Å². The minimum atomic E-state index is -0.298. The van der Waals surface area contributed by atoms with Crippen LogP contribution in [0.5, 0.6) is 0 Å². The first-order valence-corrected chi connectivity index (χ1v) is 12.2. The SMILES string of the molecule is O=C(OCC1c2ccccc2-c2ccccc21)N1C2C=C(c3cccc(Cl)c3Cl)CC1COC2. The second kappa shape index (κ2) is 8.77. The predicted octanol–water partition coefficient (Wildman–Crippen LogP) is 6.80. The second-order valence-electron chi connectivity index (χ2n) is 8.97. The minimum Gasteiger partial charge on any atom is -0.448 e. The van der Waals surface area contributed by atoms with Crippen LogP contribution in [0.25, 0.3) is 16.7 Å². The number of carbonyl (C=O) groups excluding carboxylic acids is 1. The van der Waals surface area contributed by atoms with Gasteiger partial charge >= 0.3 is 6.09 Å². The Morgan fingerprint density at radius 2 is 1.59 bits per heavy atom. The Hall–Kier alpha value is -2.79. The van der Waals surface area contributed by atoms with Gasteiger partial charge in [-0.2, -0.15) is 0 Å². The lowest BCUT2D eigenvalue weighted by Crippen LogP contribution is -2.56. The van der Waals surface area contributed by atoms with Crippen LogP contribution < -0.4 is 0 Å². The first-order chi connectivity index (χ1) is 16.6. The molecule has 0 spiro atoms. The molecular formula is C28H23Cl2NO3. The van der Waals surface area contributed by atoms with Gasteiger partial charge in [-0.15, -0.1) is 0 Å². The second-order valence-corrected chi connectivity index (χ2v) is 9.75. The Kier molecular flexibility index (Phi) is 5.60. The van der Waals surface area contributed by atoms with Gasteiger partial charge in [0.25, 0.3) is 0 Å². The van der Waals surface area contributed by atoms with Crippen molar-refractivity contribution < 1.29 is 14.3 Å². The molecule has 1 amide bonds. The molecule has 4 nitrogen and oxygen atoms in total. The van der Waals surface area contributed by atoms with Crippen molar-refractivity contribution in [2.75, 3.05) is 19.8 Å². The highest BCUT2D eigenvalue weighted by molar-refractivity contribution is 6.43. The van der Waals surface area contributed by atoms with Crippen LogP contribution in [0.2, 0.25) is 10.0 Å². The Labute approximate surface area is 208 Å². The molecule has 34 heavy (non-hydrogen) atoms. The number of carbonyl (C=O) groups is 1. The molecule has 2 unspecified atom stereocenters. The van der Waals surface area contributed by atoms with Crippen LogP contribution in [0.1, 0.15) is 29.0 Å². The smallest absolute Gasteiger partial charge is 0.410 e. The summed E-state index contributed by atoms with van der Waals surface area (Å²) in [5.41, 5.74) is 6.85. The number of ether oxygens (including phenoxy) is 2. The summed E-state index contributed by atoms with van der Waals surface area (Å²) in [6.45, 7) is 1.21. The first-order valence-electron chi connectivity index (χ1n) is 11.5. The molecule has 0 saturated carbocycles. The molecule has 3 aromatic rings. The van der Waals surface area contributed by atoms with E-state index in [0.717, 1.165) is 11.1 Å². The molecule has 3 aliphatic rings. The third kappa shape index (κ3) is 3.61. The lowest BCUT2D eigenvalue weighted by Gasteiger charge is -2.44. The Morgan fingerprint density at radius 3 is 2.29 bits per heavy atom. The summed E-state index contributed by atoms with van der Waals surface area (Å²) in [7, 11) is 0. The van der Waals surface area contributed by atoms with E-state index < -0.39 is 0 Å². The van der Waals surface area contributed by atoms with Gasteiger partial charge < -0.3 is 9.47 Å². The van der Waals surface area contributed by atoms with Crippen molar-refractivity contribution in [3.63, 3.8) is 0 Å². The van der Waals surface area contributed by atoms with E-state index in [-0.39, 0.29) is 24.1 Å². The van der Waals surface area contributed by atoms with Crippen LogP contribution in [0.15, 0.2) is 72.8 Å². The topological polar surface area (TPSA) is 38.8 Å². The average molecular weight is 492 g/mol. The van der Waals surface area contributed by atoms with Crippen molar-refractivity contribution in [2.24, 2.45) is 0 Å². The highest BCUT2D eigenvalue weighted by atomic mass is 35.5. The van der Waals surface area contributed by atoms with Crippen molar-refractivity contribution in [1.82, 2.24) is 4.90 Å². The number of hydrogen-bond acceptors (Lipinski definition) is 3. The van der Waals surface area contributed by atoms with E-state index in [4.69, 9.17) is 32.7 Å². The van der Waals surface area contributed by atoms with Crippen molar-refractivity contribution in [3.8, 4) is 11.1 Å². The number of hydrogen-bond donors (Lipinski definition) is 0. The van der Waals surface area contributed by atoms with Crippen molar-refractivity contribution >= 4 is 34.9 Å². The van der Waals surface area contributed by atoms with Gasteiger partial charge in [0.1, 0.15) is 6.61 Å². The Balaban J connectivity index is 1.23. The van der Waals surface area contributed by atoms with Crippen LogP contribution in [-0.4, -0.2) is 42.9 Å². The van der Waals surface area contributed by atoms with Gasteiger partial charge in [-0.25, -0.2) is 4.79 Å². The summed E-state index contributed by atoms with van der Waals surface area (Å²) in [5.74, 6) is 0.0357. The van der Waals surface area contributed by atoms with Gasteiger partial charge in [0.15, 0.2) is 0 Å². The molecule has 6 rings (SSSR count). The Morgan fingerprint density at radius 1 is 0.912 bits per heavy atom. The number of amides is 1. The fourth-order valence-corrected chi connectivity index (χ4v) is 5.92. The summed E-state index contributed by atoms with van der Waals surface area (Å²) >= 11 is 12.7. The molecule has 2 bridgehead atoms. The van der Waals surface area contributed by atoms with Crippen LogP contribution in [0.4, 0.5) is 4.79 Å². The zero-order valence-electron chi connectivity index (χ0n) is 18.4. The molecule has 0 aromatic heterocycles. The normalized spacial score (nSPS) is 21.0. The molecule has 1 saturated heterocycles. The summed E-state index contributed by atoms with van der Waals surface area (Å²) in [6.07, 6.45) is 2.41. The molecular weight excluding hydrogens is 469 g/mol. The first kappa shape index (κ1) is 21.7. The van der Waals surface area contributed by atoms with E-state index in [9.17, 15) is 4.79 Å². The molecule has 2 aliphatic heterocycles. The van der Waals surface area contributed by atoms with Crippen LogP contribution in [0.3, 0.4) is 0 Å². The summed E-state index contributed by atoms with van der Waals surface area (Å²) in [5, 5.41) is 1.07. The zero-order chi connectivity index (χ0) is 23.2. The Bertz CT molecular complexity index is 1260. The van der Waals surface area contributed by atoms with E-state index in [1.165, 1.54) is 22.3 Å². The maximum absolute atomic E-state index is 13.3. The monoisotopic (exact) mass is 491 g/mol. The van der Waals surface area contributed by atoms with Gasteiger partial charge in [0.2, 0.25) is 0 Å². The lowest BCUT2D eigenvalue weighted by molar-refractivity contribution is -0.0331. The fourth-order valence-electron chi connectivity index (χ4n) is 5.50. The van der Waals surface area contributed by atoms with Gasteiger partial charge in [-0.1, -0.05) is 89.9 Å². The molecule has 0 radical (unpaired) electrons. The highest BCUT2D eigenvalue weighted by Crippen LogP contribution is 2.45. The average Bonchev–Trinajstić information content (AvgIpc) is 3.17. The van der Waals surface area contributed by atoms with Crippen molar-refractivity contribution in [3.05, 3.63) is 99.5 Å². The number of fused-ring (bicyclic) bond motifs is 5. The van der Waals surface area contributed by atoms with Crippen LogP contribution >= 0.6 is 23.2 Å². The molecule has 2 atom stereocenters. The van der Waals surface area contributed by atoms with Crippen molar-refractivity contribution in [2.45, 2.75) is 24.4 Å².